The van der Waals surface area contributed by atoms with E-state index in [4.69, 9.17) is 4.74 Å². The van der Waals surface area contributed by atoms with Gasteiger partial charge in [0, 0.05) is 30.9 Å². The van der Waals surface area contributed by atoms with Crippen molar-refractivity contribution in [2.75, 3.05) is 25.0 Å². The summed E-state index contributed by atoms with van der Waals surface area (Å²) in [6.07, 6.45) is 4.05. The number of hydrogen-bond donors (Lipinski definition) is 2. The van der Waals surface area contributed by atoms with Crippen molar-refractivity contribution in [1.82, 2.24) is 10.2 Å². The molecule has 5 nitrogen and oxygen atoms in total. The third-order valence-electron chi connectivity index (χ3n) is 5.41. The molecule has 2 amide bonds. The van der Waals surface area contributed by atoms with Crippen molar-refractivity contribution >= 4 is 11.7 Å². The minimum atomic E-state index is -0.107. The van der Waals surface area contributed by atoms with Crippen molar-refractivity contribution < 1.29 is 9.53 Å². The van der Waals surface area contributed by atoms with Crippen LogP contribution in [-0.2, 0) is 4.74 Å². The van der Waals surface area contributed by atoms with Gasteiger partial charge in [-0.1, -0.05) is 6.07 Å². The highest BCUT2D eigenvalue weighted by atomic mass is 16.5. The molecule has 4 rings (SSSR count). The standard InChI is InChI=1S/C19H27N3O2/c1-12-5-13(2)7-15(6-12)20-19(23)21-16-8-17-11-24-18(14-3-4-14)10-22(17)9-16/h5-7,14,16-18H,3-4,8-11H2,1-2H3,(H2,20,21,23)/t16-,17-,18-/m0/s1. The number of hydrogen-bond acceptors (Lipinski definition) is 3. The number of rotatable bonds is 3. The van der Waals surface area contributed by atoms with Crippen LogP contribution in [0.25, 0.3) is 0 Å². The van der Waals surface area contributed by atoms with Crippen LogP contribution in [0, 0.1) is 19.8 Å². The Morgan fingerprint density at radius 3 is 2.62 bits per heavy atom. The van der Waals surface area contributed by atoms with Gasteiger partial charge in [-0.25, -0.2) is 4.79 Å². The van der Waals surface area contributed by atoms with Gasteiger partial charge in [-0.05, 0) is 62.3 Å². The molecule has 5 heteroatoms. The Balaban J connectivity index is 1.30. The highest BCUT2D eigenvalue weighted by molar-refractivity contribution is 5.89. The van der Waals surface area contributed by atoms with Gasteiger partial charge in [-0.3, -0.25) is 4.90 Å². The van der Waals surface area contributed by atoms with Crippen molar-refractivity contribution in [2.45, 2.75) is 51.3 Å². The number of amides is 2. The quantitative estimate of drug-likeness (QED) is 0.896. The van der Waals surface area contributed by atoms with Gasteiger partial charge in [0.25, 0.3) is 0 Å². The molecule has 24 heavy (non-hydrogen) atoms. The second-order valence-electron chi connectivity index (χ2n) is 7.72. The number of aryl methyl sites for hydroxylation is 2. The van der Waals surface area contributed by atoms with E-state index in [9.17, 15) is 4.79 Å². The zero-order valence-corrected chi connectivity index (χ0v) is 14.5. The number of morpholine rings is 1. The fourth-order valence-corrected chi connectivity index (χ4v) is 4.16. The van der Waals surface area contributed by atoms with E-state index in [-0.39, 0.29) is 12.1 Å². The van der Waals surface area contributed by atoms with E-state index in [0.717, 1.165) is 48.8 Å². The Morgan fingerprint density at radius 2 is 1.92 bits per heavy atom. The van der Waals surface area contributed by atoms with Crippen LogP contribution in [0.3, 0.4) is 0 Å². The molecule has 1 saturated carbocycles. The summed E-state index contributed by atoms with van der Waals surface area (Å²) in [6.45, 7) is 6.88. The minimum Gasteiger partial charge on any atom is -0.375 e. The predicted molar refractivity (Wildman–Crippen MR) is 94.3 cm³/mol. The molecule has 3 aliphatic rings. The smallest absolute Gasteiger partial charge is 0.319 e. The van der Waals surface area contributed by atoms with Crippen LogP contribution in [0.2, 0.25) is 0 Å². The van der Waals surface area contributed by atoms with E-state index in [1.807, 2.05) is 26.0 Å². The summed E-state index contributed by atoms with van der Waals surface area (Å²) in [6, 6.07) is 6.67. The zero-order chi connectivity index (χ0) is 16.7. The first-order chi connectivity index (χ1) is 11.6. The second-order valence-corrected chi connectivity index (χ2v) is 7.72. The third-order valence-corrected chi connectivity index (χ3v) is 5.41. The Kier molecular flexibility index (Phi) is 4.22. The number of nitrogens with zero attached hydrogens (tertiary/aromatic N) is 1. The maximum atomic E-state index is 12.3. The summed E-state index contributed by atoms with van der Waals surface area (Å²) in [5, 5.41) is 6.10. The van der Waals surface area contributed by atoms with Crippen LogP contribution in [0.15, 0.2) is 18.2 Å². The number of urea groups is 1. The lowest BCUT2D eigenvalue weighted by molar-refractivity contribution is -0.0581. The van der Waals surface area contributed by atoms with Gasteiger partial charge in [0.05, 0.1) is 12.7 Å². The average molecular weight is 329 g/mol. The summed E-state index contributed by atoms with van der Waals surface area (Å²) in [5.74, 6) is 0.783. The Bertz CT molecular complexity index is 609. The lowest BCUT2D eigenvalue weighted by Crippen LogP contribution is -2.47. The Hall–Kier alpha value is -1.59. The third kappa shape index (κ3) is 3.57. The van der Waals surface area contributed by atoms with Gasteiger partial charge < -0.3 is 15.4 Å². The molecule has 130 valence electrons. The van der Waals surface area contributed by atoms with Crippen molar-refractivity contribution in [3.63, 3.8) is 0 Å². The first kappa shape index (κ1) is 15.9. The highest BCUT2D eigenvalue weighted by Crippen LogP contribution is 2.37. The molecule has 1 aromatic rings. The van der Waals surface area contributed by atoms with Gasteiger partial charge in [-0.15, -0.1) is 0 Å². The van der Waals surface area contributed by atoms with Gasteiger partial charge in [0.1, 0.15) is 0 Å². The molecular weight excluding hydrogens is 302 g/mol. The SMILES string of the molecule is Cc1cc(C)cc(NC(=O)N[C@H]2C[C@H]3CO[C@H](C4CC4)CN3C2)c1. The molecule has 0 bridgehead atoms. The van der Waals surface area contributed by atoms with Crippen molar-refractivity contribution in [3.05, 3.63) is 29.3 Å². The highest BCUT2D eigenvalue weighted by Gasteiger charge is 2.42. The van der Waals surface area contributed by atoms with Gasteiger partial charge in [0.2, 0.25) is 0 Å². The molecule has 2 saturated heterocycles. The molecule has 0 spiro atoms. The minimum absolute atomic E-state index is 0.107. The molecule has 0 aromatic heterocycles. The molecule has 2 aliphatic heterocycles. The molecule has 3 atom stereocenters. The maximum Gasteiger partial charge on any atom is 0.319 e. The summed E-state index contributed by atoms with van der Waals surface area (Å²) in [5.41, 5.74) is 3.18. The van der Waals surface area contributed by atoms with Crippen LogP contribution >= 0.6 is 0 Å². The molecule has 1 aliphatic carbocycles. The lowest BCUT2D eigenvalue weighted by atomic mass is 10.1. The molecule has 2 N–H and O–H groups in total. The van der Waals surface area contributed by atoms with E-state index in [0.29, 0.717) is 12.1 Å². The number of ether oxygens (including phenoxy) is 1. The topological polar surface area (TPSA) is 53.6 Å². The van der Waals surface area contributed by atoms with E-state index in [2.05, 4.69) is 21.6 Å². The number of anilines is 1. The number of benzene rings is 1. The molecule has 0 radical (unpaired) electrons. The van der Waals surface area contributed by atoms with Crippen LogP contribution in [0.5, 0.6) is 0 Å². The normalized spacial score (nSPS) is 30.0. The number of carbonyl (C=O) groups is 1. The molecular formula is C19H27N3O2. The van der Waals surface area contributed by atoms with Crippen molar-refractivity contribution in [3.8, 4) is 0 Å². The van der Waals surface area contributed by atoms with Crippen LogP contribution < -0.4 is 10.6 Å². The van der Waals surface area contributed by atoms with E-state index >= 15 is 0 Å². The fraction of sp³-hybridized carbons (Fsp3) is 0.632. The average Bonchev–Trinajstić information content (AvgIpc) is 3.26. The molecule has 0 unspecified atom stereocenters. The van der Waals surface area contributed by atoms with E-state index in [1.165, 1.54) is 12.8 Å². The van der Waals surface area contributed by atoms with Gasteiger partial charge >= 0.3 is 6.03 Å². The summed E-state index contributed by atoms with van der Waals surface area (Å²) in [4.78, 5) is 14.8. The zero-order valence-electron chi connectivity index (χ0n) is 14.5. The molecule has 3 fully saturated rings. The molecule has 1 aromatic carbocycles. The predicted octanol–water partition coefficient (Wildman–Crippen LogP) is 2.68. The Labute approximate surface area is 143 Å². The number of fused-ring (bicyclic) bond motifs is 1. The first-order valence-electron chi connectivity index (χ1n) is 9.08. The van der Waals surface area contributed by atoms with Crippen LogP contribution in [0.1, 0.15) is 30.4 Å². The van der Waals surface area contributed by atoms with Gasteiger partial charge in [0.15, 0.2) is 0 Å². The molecule has 2 heterocycles. The first-order valence-corrected chi connectivity index (χ1v) is 9.08. The number of carbonyl (C=O) groups excluding carboxylic acids is 1. The van der Waals surface area contributed by atoms with E-state index < -0.39 is 0 Å². The largest absolute Gasteiger partial charge is 0.375 e. The summed E-state index contributed by atoms with van der Waals surface area (Å²) < 4.78 is 6.02. The fourth-order valence-electron chi connectivity index (χ4n) is 4.16. The lowest BCUT2D eigenvalue weighted by Gasteiger charge is -2.35. The monoisotopic (exact) mass is 329 g/mol. The van der Waals surface area contributed by atoms with Gasteiger partial charge in [-0.2, -0.15) is 0 Å². The summed E-state index contributed by atoms with van der Waals surface area (Å²) in [7, 11) is 0. The van der Waals surface area contributed by atoms with Crippen molar-refractivity contribution in [1.29, 1.82) is 0 Å². The van der Waals surface area contributed by atoms with E-state index in [1.54, 1.807) is 0 Å². The Morgan fingerprint density at radius 1 is 1.17 bits per heavy atom. The van der Waals surface area contributed by atoms with Crippen molar-refractivity contribution in [2.24, 2.45) is 5.92 Å². The van der Waals surface area contributed by atoms with Crippen LogP contribution in [0.4, 0.5) is 10.5 Å². The summed E-state index contributed by atoms with van der Waals surface area (Å²) >= 11 is 0. The van der Waals surface area contributed by atoms with Crippen LogP contribution in [-0.4, -0.2) is 48.8 Å². The number of nitrogens with one attached hydrogen (secondary N) is 2. The maximum absolute atomic E-state index is 12.3. The second kappa shape index (κ2) is 6.37.